The van der Waals surface area contributed by atoms with Crippen molar-refractivity contribution in [1.82, 2.24) is 5.43 Å². The van der Waals surface area contributed by atoms with E-state index in [9.17, 15) is 0 Å². The van der Waals surface area contributed by atoms with Gasteiger partial charge in [-0.25, -0.2) is 0 Å². The molecular weight excluding hydrogens is 182 g/mol. The molecule has 0 aromatic rings. The normalized spacial score (nSPS) is 29.0. The summed E-state index contributed by atoms with van der Waals surface area (Å²) in [5.41, 5.74) is 7.83. The van der Waals surface area contributed by atoms with Crippen molar-refractivity contribution in [3.8, 4) is 0 Å². The van der Waals surface area contributed by atoms with E-state index in [1.807, 2.05) is 6.21 Å². The minimum atomic E-state index is 0.236. The van der Waals surface area contributed by atoms with Crippen molar-refractivity contribution in [3.63, 3.8) is 0 Å². The van der Waals surface area contributed by atoms with E-state index >= 15 is 0 Å². The Morgan fingerprint density at radius 1 is 1.62 bits per heavy atom. The smallest absolute Gasteiger partial charge is 0.184 e. The predicted octanol–water partition coefficient (Wildman–Crippen LogP) is 1.63. The molecule has 0 bridgehead atoms. The van der Waals surface area contributed by atoms with Crippen molar-refractivity contribution in [1.29, 1.82) is 0 Å². The van der Waals surface area contributed by atoms with E-state index in [1.165, 1.54) is 25.7 Å². The molecule has 2 atom stereocenters. The van der Waals surface area contributed by atoms with Crippen LogP contribution in [0.15, 0.2) is 5.10 Å². The summed E-state index contributed by atoms with van der Waals surface area (Å²) in [4.78, 5) is 0. The highest BCUT2D eigenvalue weighted by Gasteiger charge is 2.16. The van der Waals surface area contributed by atoms with Crippen LogP contribution in [0.5, 0.6) is 0 Å². The van der Waals surface area contributed by atoms with Gasteiger partial charge >= 0.3 is 0 Å². The number of hydrazone groups is 1. The fourth-order valence-corrected chi connectivity index (χ4v) is 1.88. The first-order chi connectivity index (χ1) is 6.18. The van der Waals surface area contributed by atoms with Gasteiger partial charge in [-0.3, -0.25) is 5.43 Å². The zero-order valence-electron chi connectivity index (χ0n) is 7.99. The minimum Gasteiger partial charge on any atom is -0.375 e. The van der Waals surface area contributed by atoms with Gasteiger partial charge in [0.1, 0.15) is 0 Å². The molecule has 0 aromatic carbocycles. The van der Waals surface area contributed by atoms with Crippen molar-refractivity contribution >= 4 is 23.5 Å². The number of hydrogen-bond donors (Lipinski definition) is 2. The average Bonchev–Trinajstić information content (AvgIpc) is 2.03. The van der Waals surface area contributed by atoms with Gasteiger partial charge in [0.2, 0.25) is 0 Å². The molecule has 74 valence electrons. The molecule has 0 aromatic heterocycles. The number of nitrogens with zero attached hydrogens (tertiary/aromatic N) is 1. The minimum absolute atomic E-state index is 0.236. The van der Waals surface area contributed by atoms with Gasteiger partial charge in [0.05, 0.1) is 0 Å². The second-order valence-corrected chi connectivity index (χ2v) is 4.23. The van der Waals surface area contributed by atoms with Gasteiger partial charge in [-0.2, -0.15) is 5.10 Å². The first-order valence-corrected chi connectivity index (χ1v) is 5.18. The SMILES string of the molecule is CC1CCCC(/C=N/NC(N)=S)C1. The van der Waals surface area contributed by atoms with Gasteiger partial charge in [0.15, 0.2) is 5.11 Å². The third kappa shape index (κ3) is 4.22. The van der Waals surface area contributed by atoms with Gasteiger partial charge in [0.25, 0.3) is 0 Å². The average molecular weight is 199 g/mol. The molecule has 1 aliphatic rings. The molecule has 0 aliphatic heterocycles. The van der Waals surface area contributed by atoms with E-state index in [2.05, 4.69) is 29.7 Å². The predicted molar refractivity (Wildman–Crippen MR) is 59.5 cm³/mol. The fourth-order valence-electron chi connectivity index (χ4n) is 1.82. The summed E-state index contributed by atoms with van der Waals surface area (Å²) in [7, 11) is 0. The summed E-state index contributed by atoms with van der Waals surface area (Å²) in [5, 5.41) is 4.22. The molecule has 3 N–H and O–H groups in total. The van der Waals surface area contributed by atoms with E-state index in [4.69, 9.17) is 5.73 Å². The largest absolute Gasteiger partial charge is 0.375 e. The molecular formula is C9H17N3S. The summed E-state index contributed by atoms with van der Waals surface area (Å²) < 4.78 is 0. The van der Waals surface area contributed by atoms with Crippen LogP contribution in [0.25, 0.3) is 0 Å². The molecule has 0 saturated heterocycles. The van der Waals surface area contributed by atoms with E-state index in [-0.39, 0.29) is 5.11 Å². The monoisotopic (exact) mass is 199 g/mol. The number of nitrogens with two attached hydrogens (primary N) is 1. The van der Waals surface area contributed by atoms with Crippen molar-refractivity contribution in [2.45, 2.75) is 32.6 Å². The van der Waals surface area contributed by atoms with Crippen molar-refractivity contribution in [2.24, 2.45) is 22.7 Å². The molecule has 2 unspecified atom stereocenters. The van der Waals surface area contributed by atoms with E-state index < -0.39 is 0 Å². The molecule has 3 nitrogen and oxygen atoms in total. The number of nitrogens with one attached hydrogen (secondary N) is 1. The molecule has 0 radical (unpaired) electrons. The van der Waals surface area contributed by atoms with Gasteiger partial charge in [-0.15, -0.1) is 0 Å². The summed E-state index contributed by atoms with van der Waals surface area (Å²) in [5.74, 6) is 1.43. The lowest BCUT2D eigenvalue weighted by molar-refractivity contribution is 0.343. The maximum atomic E-state index is 5.24. The first kappa shape index (κ1) is 10.4. The quantitative estimate of drug-likeness (QED) is 0.404. The number of hydrogen-bond acceptors (Lipinski definition) is 2. The molecule has 13 heavy (non-hydrogen) atoms. The number of rotatable bonds is 2. The molecule has 0 amide bonds. The third-order valence-corrected chi connectivity index (χ3v) is 2.53. The zero-order valence-corrected chi connectivity index (χ0v) is 8.81. The molecule has 0 heterocycles. The maximum absolute atomic E-state index is 5.24. The highest BCUT2D eigenvalue weighted by molar-refractivity contribution is 7.80. The Balaban J connectivity index is 2.27. The van der Waals surface area contributed by atoms with Crippen LogP contribution in [-0.2, 0) is 0 Å². The van der Waals surface area contributed by atoms with Crippen LogP contribution in [0.1, 0.15) is 32.6 Å². The van der Waals surface area contributed by atoms with Crippen LogP contribution in [0, 0.1) is 11.8 Å². The standard InChI is InChI=1S/C9H17N3S/c1-7-3-2-4-8(5-7)6-11-12-9(10)13/h6-8H,2-5H2,1H3,(H3,10,12,13)/b11-6+. The van der Waals surface area contributed by atoms with Crippen LogP contribution in [-0.4, -0.2) is 11.3 Å². The van der Waals surface area contributed by atoms with Crippen LogP contribution >= 0.6 is 12.2 Å². The maximum Gasteiger partial charge on any atom is 0.184 e. The van der Waals surface area contributed by atoms with Crippen molar-refractivity contribution in [2.75, 3.05) is 0 Å². The lowest BCUT2D eigenvalue weighted by Crippen LogP contribution is -2.25. The number of thiocarbonyl (C=S) groups is 1. The van der Waals surface area contributed by atoms with Gasteiger partial charge < -0.3 is 5.73 Å². The summed E-state index contributed by atoms with van der Waals surface area (Å²) in [6, 6.07) is 0. The Hall–Kier alpha value is -0.640. The Bertz CT molecular complexity index is 203. The van der Waals surface area contributed by atoms with Crippen molar-refractivity contribution in [3.05, 3.63) is 0 Å². The van der Waals surface area contributed by atoms with E-state index in [1.54, 1.807) is 0 Å². The second kappa shape index (κ2) is 5.17. The Labute approximate surface area is 84.8 Å². The van der Waals surface area contributed by atoms with Crippen LogP contribution in [0.2, 0.25) is 0 Å². The van der Waals surface area contributed by atoms with Crippen molar-refractivity contribution < 1.29 is 0 Å². The lowest BCUT2D eigenvalue weighted by atomic mass is 9.83. The van der Waals surface area contributed by atoms with E-state index in [0.29, 0.717) is 5.92 Å². The molecule has 0 spiro atoms. The first-order valence-electron chi connectivity index (χ1n) is 4.77. The molecule has 1 saturated carbocycles. The van der Waals surface area contributed by atoms with Gasteiger partial charge in [0, 0.05) is 6.21 Å². The molecule has 1 fully saturated rings. The molecule has 1 rings (SSSR count). The second-order valence-electron chi connectivity index (χ2n) is 3.79. The van der Waals surface area contributed by atoms with Crippen LogP contribution in [0.4, 0.5) is 0 Å². The molecule has 1 aliphatic carbocycles. The summed E-state index contributed by atoms with van der Waals surface area (Å²) in [6.07, 6.45) is 7.09. The lowest BCUT2D eigenvalue weighted by Gasteiger charge is -2.23. The Morgan fingerprint density at radius 3 is 3.00 bits per heavy atom. The highest BCUT2D eigenvalue weighted by Crippen LogP contribution is 2.26. The fraction of sp³-hybridized carbons (Fsp3) is 0.778. The van der Waals surface area contributed by atoms with E-state index in [0.717, 1.165) is 5.92 Å². The van der Waals surface area contributed by atoms with Crippen LogP contribution in [0.3, 0.4) is 0 Å². The van der Waals surface area contributed by atoms with Gasteiger partial charge in [-0.05, 0) is 36.9 Å². The molecule has 4 heteroatoms. The van der Waals surface area contributed by atoms with Gasteiger partial charge in [-0.1, -0.05) is 19.8 Å². The highest BCUT2D eigenvalue weighted by atomic mass is 32.1. The zero-order chi connectivity index (χ0) is 9.68. The summed E-state index contributed by atoms with van der Waals surface area (Å²) in [6.45, 7) is 2.29. The Kier molecular flexibility index (Phi) is 4.15. The topological polar surface area (TPSA) is 50.4 Å². The summed E-state index contributed by atoms with van der Waals surface area (Å²) >= 11 is 4.64. The third-order valence-electron chi connectivity index (χ3n) is 2.44. The Morgan fingerprint density at radius 2 is 2.38 bits per heavy atom. The van der Waals surface area contributed by atoms with Crippen LogP contribution < -0.4 is 11.2 Å².